The van der Waals surface area contributed by atoms with Gasteiger partial charge in [-0.05, 0) is 38.0 Å². The number of carbonyl (C=O) groups excluding carboxylic acids is 2. The number of carbonyl (C=O) groups is 2. The minimum absolute atomic E-state index is 0.101. The van der Waals surface area contributed by atoms with E-state index in [1.54, 1.807) is 13.0 Å². The topological polar surface area (TPSA) is 65.9 Å². The van der Waals surface area contributed by atoms with Crippen LogP contribution in [0.1, 0.15) is 36.5 Å². The molecule has 2 amide bonds. The number of anilines is 2. The summed E-state index contributed by atoms with van der Waals surface area (Å²) in [6.07, 6.45) is 3.19. The van der Waals surface area contributed by atoms with E-state index < -0.39 is 5.38 Å². The van der Waals surface area contributed by atoms with Gasteiger partial charge in [0.05, 0.1) is 26.2 Å². The van der Waals surface area contributed by atoms with Crippen LogP contribution in [0.3, 0.4) is 0 Å². The predicted octanol–water partition coefficient (Wildman–Crippen LogP) is 1.12. The van der Waals surface area contributed by atoms with Crippen LogP contribution in [0.4, 0.5) is 11.4 Å². The van der Waals surface area contributed by atoms with E-state index in [0.29, 0.717) is 17.8 Å². The normalized spacial score (nSPS) is 15.2. The van der Waals surface area contributed by atoms with Gasteiger partial charge in [0.2, 0.25) is 5.91 Å². The Morgan fingerprint density at radius 2 is 1.96 bits per heavy atom. The molecular formula is C19H30ClN4O2+. The third kappa shape index (κ3) is 5.88. The lowest BCUT2D eigenvalue weighted by atomic mass is 10.1. The maximum Gasteiger partial charge on any atom is 0.253 e. The van der Waals surface area contributed by atoms with Crippen molar-refractivity contribution in [1.82, 2.24) is 5.32 Å². The van der Waals surface area contributed by atoms with Gasteiger partial charge < -0.3 is 20.4 Å². The second-order valence-corrected chi connectivity index (χ2v) is 7.75. The van der Waals surface area contributed by atoms with Crippen LogP contribution in [0.15, 0.2) is 18.2 Å². The van der Waals surface area contributed by atoms with Crippen LogP contribution in [-0.2, 0) is 4.79 Å². The Kier molecular flexibility index (Phi) is 7.72. The van der Waals surface area contributed by atoms with Crippen molar-refractivity contribution in [2.75, 3.05) is 50.5 Å². The second-order valence-electron chi connectivity index (χ2n) is 7.10. The quantitative estimate of drug-likeness (QED) is 0.467. The largest absolute Gasteiger partial charge is 0.371 e. The summed E-state index contributed by atoms with van der Waals surface area (Å²) in [4.78, 5) is 28.2. The molecule has 3 N–H and O–H groups in total. The average Bonchev–Trinajstić information content (AvgIpc) is 3.12. The summed E-state index contributed by atoms with van der Waals surface area (Å²) in [5, 5.41) is 5.14. The molecule has 1 aromatic carbocycles. The van der Waals surface area contributed by atoms with Gasteiger partial charge >= 0.3 is 0 Å². The van der Waals surface area contributed by atoms with E-state index in [-0.39, 0.29) is 11.8 Å². The molecule has 26 heavy (non-hydrogen) atoms. The number of hydrogen-bond acceptors (Lipinski definition) is 3. The molecule has 1 heterocycles. The fraction of sp³-hybridized carbons (Fsp3) is 0.579. The number of hydrogen-bond donors (Lipinski definition) is 3. The zero-order valence-electron chi connectivity index (χ0n) is 15.9. The van der Waals surface area contributed by atoms with Gasteiger partial charge in [0.15, 0.2) is 0 Å². The van der Waals surface area contributed by atoms with Crippen LogP contribution in [-0.4, -0.2) is 57.5 Å². The SMILES string of the molecule is C[C@@H](Cl)C(=O)Nc1ccc(N2CCCC2)c(C(=O)NCCC[NH+](C)C)c1. The minimum atomic E-state index is -0.626. The fourth-order valence-corrected chi connectivity index (χ4v) is 3.06. The predicted molar refractivity (Wildman–Crippen MR) is 106 cm³/mol. The molecule has 1 aromatic rings. The van der Waals surface area contributed by atoms with Gasteiger partial charge in [-0.3, -0.25) is 9.59 Å². The number of alkyl halides is 1. The third-order valence-electron chi connectivity index (χ3n) is 4.46. The first kappa shape index (κ1) is 20.5. The zero-order chi connectivity index (χ0) is 19.1. The van der Waals surface area contributed by atoms with Crippen LogP contribution in [0.25, 0.3) is 0 Å². The zero-order valence-corrected chi connectivity index (χ0v) is 16.7. The summed E-state index contributed by atoms with van der Waals surface area (Å²) in [5.74, 6) is -0.378. The van der Waals surface area contributed by atoms with Crippen molar-refractivity contribution >= 4 is 34.8 Å². The highest BCUT2D eigenvalue weighted by molar-refractivity contribution is 6.32. The summed E-state index contributed by atoms with van der Waals surface area (Å²) < 4.78 is 0. The number of nitrogens with one attached hydrogen (secondary N) is 3. The number of rotatable bonds is 8. The number of nitrogens with zero attached hydrogens (tertiary/aromatic N) is 1. The molecule has 6 nitrogen and oxygen atoms in total. The molecule has 2 rings (SSSR count). The van der Waals surface area contributed by atoms with Crippen LogP contribution in [0, 0.1) is 0 Å². The van der Waals surface area contributed by atoms with E-state index in [2.05, 4.69) is 29.6 Å². The van der Waals surface area contributed by atoms with Gasteiger partial charge in [0, 0.05) is 37.4 Å². The maximum absolute atomic E-state index is 12.8. The van der Waals surface area contributed by atoms with Crippen molar-refractivity contribution in [3.8, 4) is 0 Å². The third-order valence-corrected chi connectivity index (χ3v) is 4.65. The Hall–Kier alpha value is -1.79. The van der Waals surface area contributed by atoms with Crippen LogP contribution < -0.4 is 20.4 Å². The van der Waals surface area contributed by atoms with E-state index in [0.717, 1.165) is 44.6 Å². The monoisotopic (exact) mass is 381 g/mol. The van der Waals surface area contributed by atoms with Crippen molar-refractivity contribution in [1.29, 1.82) is 0 Å². The van der Waals surface area contributed by atoms with E-state index in [1.165, 1.54) is 4.90 Å². The molecule has 7 heteroatoms. The van der Waals surface area contributed by atoms with Crippen molar-refractivity contribution in [2.45, 2.75) is 31.6 Å². The van der Waals surface area contributed by atoms with Gasteiger partial charge in [-0.2, -0.15) is 0 Å². The summed E-state index contributed by atoms with van der Waals surface area (Å²) in [5.41, 5.74) is 2.12. The lowest BCUT2D eigenvalue weighted by Crippen LogP contribution is -3.05. The Morgan fingerprint density at radius 1 is 1.27 bits per heavy atom. The maximum atomic E-state index is 12.8. The highest BCUT2D eigenvalue weighted by Crippen LogP contribution is 2.27. The lowest BCUT2D eigenvalue weighted by molar-refractivity contribution is -0.858. The molecule has 0 aromatic heterocycles. The first-order chi connectivity index (χ1) is 12.4. The smallest absolute Gasteiger partial charge is 0.253 e. The molecule has 144 valence electrons. The van der Waals surface area contributed by atoms with Gasteiger partial charge in [0.25, 0.3) is 5.91 Å². The molecule has 1 saturated heterocycles. The summed E-state index contributed by atoms with van der Waals surface area (Å²) in [7, 11) is 4.19. The Balaban J connectivity index is 2.15. The Bertz CT molecular complexity index is 628. The van der Waals surface area contributed by atoms with Crippen LogP contribution in [0.5, 0.6) is 0 Å². The van der Waals surface area contributed by atoms with Gasteiger partial charge in [-0.25, -0.2) is 0 Å². The number of amides is 2. The fourth-order valence-electron chi connectivity index (χ4n) is 3.01. The van der Waals surface area contributed by atoms with Crippen molar-refractivity contribution in [3.05, 3.63) is 23.8 Å². The molecule has 0 aliphatic carbocycles. The molecule has 0 radical (unpaired) electrons. The summed E-state index contributed by atoms with van der Waals surface area (Å²) >= 11 is 5.82. The Labute approximate surface area is 160 Å². The first-order valence-electron chi connectivity index (χ1n) is 9.29. The average molecular weight is 382 g/mol. The standard InChI is InChI=1S/C19H29ClN4O2/c1-14(20)18(25)22-15-7-8-17(24-11-4-5-12-24)16(13-15)19(26)21-9-6-10-23(2)3/h7-8,13-14H,4-6,9-12H2,1-3H3,(H,21,26)(H,22,25)/p+1/t14-/m1/s1. The van der Waals surface area contributed by atoms with E-state index >= 15 is 0 Å². The van der Waals surface area contributed by atoms with E-state index in [1.807, 2.05) is 12.1 Å². The van der Waals surface area contributed by atoms with E-state index in [9.17, 15) is 9.59 Å². The number of quaternary nitrogens is 1. The van der Waals surface area contributed by atoms with Crippen LogP contribution in [0.2, 0.25) is 0 Å². The van der Waals surface area contributed by atoms with Crippen molar-refractivity contribution in [3.63, 3.8) is 0 Å². The second kappa shape index (κ2) is 9.78. The van der Waals surface area contributed by atoms with Crippen LogP contribution >= 0.6 is 11.6 Å². The highest BCUT2D eigenvalue weighted by Gasteiger charge is 2.21. The lowest BCUT2D eigenvalue weighted by Gasteiger charge is -2.22. The molecule has 0 spiro atoms. The molecule has 1 aliphatic rings. The van der Waals surface area contributed by atoms with E-state index in [4.69, 9.17) is 11.6 Å². The first-order valence-corrected chi connectivity index (χ1v) is 9.73. The molecule has 1 atom stereocenters. The van der Waals surface area contributed by atoms with Crippen molar-refractivity contribution in [2.24, 2.45) is 0 Å². The molecule has 0 unspecified atom stereocenters. The molecule has 0 bridgehead atoms. The number of halogens is 1. The number of benzene rings is 1. The summed E-state index contributed by atoms with van der Waals surface area (Å²) in [6, 6.07) is 5.49. The molecule has 0 saturated carbocycles. The van der Waals surface area contributed by atoms with Gasteiger partial charge in [0.1, 0.15) is 5.38 Å². The molecule has 1 fully saturated rings. The van der Waals surface area contributed by atoms with Gasteiger partial charge in [-0.15, -0.1) is 11.6 Å². The van der Waals surface area contributed by atoms with Gasteiger partial charge in [-0.1, -0.05) is 0 Å². The molecule has 1 aliphatic heterocycles. The minimum Gasteiger partial charge on any atom is -0.371 e. The molecular weight excluding hydrogens is 352 g/mol. The van der Waals surface area contributed by atoms with Crippen molar-refractivity contribution < 1.29 is 14.5 Å². The highest BCUT2D eigenvalue weighted by atomic mass is 35.5. The summed E-state index contributed by atoms with van der Waals surface area (Å²) in [6.45, 7) is 5.17. The Morgan fingerprint density at radius 3 is 2.58 bits per heavy atom.